The van der Waals surface area contributed by atoms with Gasteiger partial charge in [-0.15, -0.1) is 11.3 Å². The molecule has 0 radical (unpaired) electrons. The van der Waals surface area contributed by atoms with Gasteiger partial charge in [-0.2, -0.15) is 0 Å². The van der Waals surface area contributed by atoms with E-state index in [0.717, 1.165) is 17.0 Å². The van der Waals surface area contributed by atoms with E-state index in [1.54, 1.807) is 29.6 Å². The van der Waals surface area contributed by atoms with Crippen molar-refractivity contribution in [1.82, 2.24) is 9.88 Å². The number of benzene rings is 2. The molecule has 27 heavy (non-hydrogen) atoms. The monoisotopic (exact) mass is 382 g/mol. The summed E-state index contributed by atoms with van der Waals surface area (Å²) in [5.74, 6) is 2.01. The average Bonchev–Trinajstić information content (AvgIpc) is 3.37. The fourth-order valence-corrected chi connectivity index (χ4v) is 3.33. The van der Waals surface area contributed by atoms with Gasteiger partial charge in [-0.1, -0.05) is 12.1 Å². The topological polar surface area (TPSA) is 60.9 Å². The summed E-state index contributed by atoms with van der Waals surface area (Å²) in [6.07, 6.45) is 0. The van der Waals surface area contributed by atoms with Crippen LogP contribution in [-0.2, 0) is 13.2 Å². The van der Waals surface area contributed by atoms with Crippen molar-refractivity contribution in [2.24, 2.45) is 0 Å². The molecule has 2 aromatic carbocycles. The van der Waals surface area contributed by atoms with E-state index >= 15 is 0 Å². The van der Waals surface area contributed by atoms with Crippen molar-refractivity contribution in [3.05, 3.63) is 70.2 Å². The van der Waals surface area contributed by atoms with Crippen molar-refractivity contribution >= 4 is 17.2 Å². The van der Waals surface area contributed by atoms with Gasteiger partial charge in [0.05, 0.1) is 11.2 Å². The first-order valence-electron chi connectivity index (χ1n) is 8.43. The summed E-state index contributed by atoms with van der Waals surface area (Å²) in [6.45, 7) is 1.09. The Kier molecular flexibility index (Phi) is 4.93. The predicted octanol–water partition coefficient (Wildman–Crippen LogP) is 3.72. The third kappa shape index (κ3) is 4.03. The minimum Gasteiger partial charge on any atom is -0.487 e. The largest absolute Gasteiger partial charge is 0.487 e. The number of aromatic nitrogens is 1. The molecule has 0 saturated carbocycles. The number of hydrogen-bond acceptors (Lipinski definition) is 6. The van der Waals surface area contributed by atoms with Gasteiger partial charge in [-0.25, -0.2) is 4.98 Å². The molecule has 3 aromatic rings. The molecular formula is C20H18N2O4S. The third-order valence-corrected chi connectivity index (χ3v) is 4.79. The highest BCUT2D eigenvalue weighted by atomic mass is 32.1. The van der Waals surface area contributed by atoms with Gasteiger partial charge in [0.15, 0.2) is 11.5 Å². The van der Waals surface area contributed by atoms with E-state index in [4.69, 9.17) is 14.2 Å². The summed E-state index contributed by atoms with van der Waals surface area (Å²) in [5, 5.41) is 1.94. The first-order valence-corrected chi connectivity index (χ1v) is 9.37. The smallest absolute Gasteiger partial charge is 0.254 e. The van der Waals surface area contributed by atoms with Crippen molar-refractivity contribution in [3.63, 3.8) is 0 Å². The van der Waals surface area contributed by atoms with Crippen molar-refractivity contribution in [1.29, 1.82) is 0 Å². The molecule has 0 N–H and O–H groups in total. The molecule has 0 aliphatic carbocycles. The van der Waals surface area contributed by atoms with E-state index in [9.17, 15) is 4.79 Å². The van der Waals surface area contributed by atoms with E-state index in [2.05, 4.69) is 4.98 Å². The molecule has 0 unspecified atom stereocenters. The molecule has 0 fully saturated rings. The highest BCUT2D eigenvalue weighted by molar-refractivity contribution is 7.07. The van der Waals surface area contributed by atoms with Crippen LogP contribution in [0.2, 0.25) is 0 Å². The van der Waals surface area contributed by atoms with Gasteiger partial charge in [0.2, 0.25) is 6.79 Å². The van der Waals surface area contributed by atoms with Crippen molar-refractivity contribution in [2.45, 2.75) is 13.2 Å². The fraction of sp³-hybridized carbons (Fsp3) is 0.200. The third-order valence-electron chi connectivity index (χ3n) is 4.15. The van der Waals surface area contributed by atoms with E-state index in [0.29, 0.717) is 30.2 Å². The summed E-state index contributed by atoms with van der Waals surface area (Å²) in [6, 6.07) is 12.9. The Morgan fingerprint density at radius 3 is 2.96 bits per heavy atom. The molecule has 138 valence electrons. The number of rotatable bonds is 6. The lowest BCUT2D eigenvalue weighted by atomic mass is 10.1. The van der Waals surface area contributed by atoms with Gasteiger partial charge in [0, 0.05) is 24.5 Å². The molecule has 0 saturated heterocycles. The first kappa shape index (κ1) is 17.4. The maximum atomic E-state index is 12.8. The quantitative estimate of drug-likeness (QED) is 0.650. The van der Waals surface area contributed by atoms with Gasteiger partial charge >= 0.3 is 0 Å². The maximum Gasteiger partial charge on any atom is 0.254 e. The van der Waals surface area contributed by atoms with Gasteiger partial charge < -0.3 is 19.1 Å². The summed E-state index contributed by atoms with van der Waals surface area (Å²) in [4.78, 5) is 18.6. The Labute approximate surface area is 160 Å². The van der Waals surface area contributed by atoms with Crippen LogP contribution in [0, 0.1) is 0 Å². The number of carbonyl (C=O) groups is 1. The van der Waals surface area contributed by atoms with E-state index in [1.807, 2.05) is 35.7 Å². The molecule has 0 atom stereocenters. The number of fused-ring (bicyclic) bond motifs is 1. The van der Waals surface area contributed by atoms with Crippen LogP contribution >= 0.6 is 11.3 Å². The van der Waals surface area contributed by atoms with Crippen LogP contribution in [0.1, 0.15) is 21.6 Å². The molecule has 1 aliphatic heterocycles. The minimum absolute atomic E-state index is 0.0771. The standard InChI is InChI=1S/C20H18N2O4S/c1-22(9-14-5-6-18-19(7-14)26-13-25-18)20(23)15-3-2-4-17(8-15)24-10-16-11-27-12-21-16/h2-8,11-12H,9-10,13H2,1H3. The lowest BCUT2D eigenvalue weighted by molar-refractivity contribution is 0.0784. The predicted molar refractivity (Wildman–Crippen MR) is 101 cm³/mol. The van der Waals surface area contributed by atoms with Crippen LogP contribution in [0.25, 0.3) is 0 Å². The zero-order valence-corrected chi connectivity index (χ0v) is 15.6. The molecule has 0 spiro atoms. The van der Waals surface area contributed by atoms with Crippen molar-refractivity contribution in [3.8, 4) is 17.2 Å². The van der Waals surface area contributed by atoms with Crippen LogP contribution in [0.4, 0.5) is 0 Å². The second-order valence-electron chi connectivity index (χ2n) is 6.15. The normalized spacial score (nSPS) is 12.0. The Morgan fingerprint density at radius 2 is 2.11 bits per heavy atom. The first-order chi connectivity index (χ1) is 13.2. The van der Waals surface area contributed by atoms with Gasteiger partial charge in [-0.05, 0) is 35.9 Å². The maximum absolute atomic E-state index is 12.8. The van der Waals surface area contributed by atoms with Crippen LogP contribution in [0.5, 0.6) is 17.2 Å². The van der Waals surface area contributed by atoms with Gasteiger partial charge in [0.25, 0.3) is 5.91 Å². The van der Waals surface area contributed by atoms with E-state index < -0.39 is 0 Å². The zero-order chi connectivity index (χ0) is 18.6. The number of thiazole rings is 1. The summed E-state index contributed by atoms with van der Waals surface area (Å²) >= 11 is 1.53. The molecule has 7 heteroatoms. The number of nitrogens with zero attached hydrogens (tertiary/aromatic N) is 2. The zero-order valence-electron chi connectivity index (χ0n) is 14.8. The van der Waals surface area contributed by atoms with Crippen molar-refractivity contribution < 1.29 is 19.0 Å². The summed E-state index contributed by atoms with van der Waals surface area (Å²) in [7, 11) is 1.77. The Balaban J connectivity index is 1.41. The molecule has 1 aliphatic rings. The number of ether oxygens (including phenoxy) is 3. The summed E-state index contributed by atoms with van der Waals surface area (Å²) in [5.41, 5.74) is 4.20. The lowest BCUT2D eigenvalue weighted by Crippen LogP contribution is -2.26. The van der Waals surface area contributed by atoms with Crippen LogP contribution < -0.4 is 14.2 Å². The van der Waals surface area contributed by atoms with Crippen LogP contribution in [0.15, 0.2) is 53.4 Å². The van der Waals surface area contributed by atoms with Crippen LogP contribution in [0.3, 0.4) is 0 Å². The highest BCUT2D eigenvalue weighted by Crippen LogP contribution is 2.32. The molecule has 1 aromatic heterocycles. The Morgan fingerprint density at radius 1 is 1.22 bits per heavy atom. The molecule has 4 rings (SSSR count). The molecule has 0 bridgehead atoms. The number of carbonyl (C=O) groups excluding carboxylic acids is 1. The Hall–Kier alpha value is -3.06. The molecule has 2 heterocycles. The second kappa shape index (κ2) is 7.67. The molecule has 1 amide bonds. The second-order valence-corrected chi connectivity index (χ2v) is 6.86. The van der Waals surface area contributed by atoms with Crippen LogP contribution in [-0.4, -0.2) is 29.6 Å². The molecule has 6 nitrogen and oxygen atoms in total. The molecular weight excluding hydrogens is 364 g/mol. The average molecular weight is 382 g/mol. The number of amides is 1. The van der Waals surface area contributed by atoms with Crippen molar-refractivity contribution in [2.75, 3.05) is 13.8 Å². The van der Waals surface area contributed by atoms with Gasteiger partial charge in [0.1, 0.15) is 12.4 Å². The highest BCUT2D eigenvalue weighted by Gasteiger charge is 2.16. The minimum atomic E-state index is -0.0771. The Bertz CT molecular complexity index is 943. The van der Waals surface area contributed by atoms with Gasteiger partial charge in [-0.3, -0.25) is 4.79 Å². The summed E-state index contributed by atoms with van der Waals surface area (Å²) < 4.78 is 16.4. The number of hydrogen-bond donors (Lipinski definition) is 0. The van der Waals surface area contributed by atoms with E-state index in [-0.39, 0.29) is 12.7 Å². The SMILES string of the molecule is CN(Cc1ccc2c(c1)OCO2)C(=O)c1cccc(OCc2cscn2)c1. The fourth-order valence-electron chi connectivity index (χ4n) is 2.79. The lowest BCUT2D eigenvalue weighted by Gasteiger charge is -2.18. The van der Waals surface area contributed by atoms with E-state index in [1.165, 1.54) is 11.3 Å².